The molecule has 0 saturated heterocycles. The summed E-state index contributed by atoms with van der Waals surface area (Å²) in [4.78, 5) is 26.2. The van der Waals surface area contributed by atoms with Crippen LogP contribution in [0.3, 0.4) is 0 Å². The largest absolute Gasteiger partial charge is 0.417 e. The van der Waals surface area contributed by atoms with Crippen LogP contribution in [0.25, 0.3) is 0 Å². The monoisotopic (exact) mass is 1970 g/mol. The normalized spacial score (nSPS) is 39.9. The van der Waals surface area contributed by atoms with Crippen LogP contribution in [0.4, 0.5) is 0 Å². The van der Waals surface area contributed by atoms with Crippen molar-refractivity contribution in [3.8, 4) is 0 Å². The second-order valence-electron chi connectivity index (χ2n) is 59.2. The van der Waals surface area contributed by atoms with Crippen LogP contribution in [0, 0.1) is 156 Å². The Kier molecular flexibility index (Phi) is 36.3. The molecule has 0 radical (unpaired) electrons. The molecule has 17 heteroatoms. The van der Waals surface area contributed by atoms with Crippen LogP contribution in [0.5, 0.6) is 0 Å². The number of Topliss-reactive ketones (excluding diaryl/α,β-unsaturated/α-hetero) is 1. The van der Waals surface area contributed by atoms with Crippen molar-refractivity contribution in [3.05, 3.63) is 60.8 Å². The summed E-state index contributed by atoms with van der Waals surface area (Å²) in [6, 6.07) is 0. The highest BCUT2D eigenvalue weighted by atomic mass is 28.4. The fourth-order valence-electron chi connectivity index (χ4n) is 27.7. The number of ketones is 2. The predicted octanol–water partition coefficient (Wildman–Crippen LogP) is 31.9. The molecule has 0 heterocycles. The second kappa shape index (κ2) is 41.7. The van der Waals surface area contributed by atoms with Gasteiger partial charge in [-0.15, -0.1) is 0 Å². The van der Waals surface area contributed by atoms with E-state index in [1.54, 1.807) is 0 Å². The number of hydrogen-bond donors (Lipinski definition) is 3. The summed E-state index contributed by atoms with van der Waals surface area (Å²) in [5, 5.41) is 31.5. The second-order valence-corrected chi connectivity index (χ2v) is 88.1. The SMILES string of the molecule is C=C1C=C[C@H]2[C@H](CO)[C@@H]([C@@]3(C)CC[C@H](O)C[C@@H]3CO)CC[C@]12C.C=C1C=C[C@H]2[C@H](CO[Si](C)(C)C(C)(C)C)[C@@H]([C@@]3(C)CC[C@H](C)C[C@@H]3CO[Si](C)(C)C(C)(C)C)CC[C@]12C.C[C@H]1CC[C@](C)([C@H]2CC[C@]3(C)C(=O)C=C[C@H]3[C@@H]2CO[Si](C)(C)C(C)(C)C)[C@@H](CO[Si](C)(C)C(C)(C)C)C1.C[C@H]1CC[C@](C)([C@H]2CC[C@]3(C)C(=O)CC[C@H]3[C@@H]2CO[Si](C)(C)C(C)(C)C)[C@@H](CO[Si](C)(C)C(C)(C)C)C1. The van der Waals surface area contributed by atoms with E-state index in [1.807, 2.05) is 6.08 Å². The summed E-state index contributed by atoms with van der Waals surface area (Å²) in [5.74, 6) is 10.6. The zero-order valence-electron chi connectivity index (χ0n) is 95.2. The smallest absolute Gasteiger partial charge is 0.191 e. The molecule has 0 aromatic heterocycles. The molecule has 0 unspecified atom stereocenters. The zero-order valence-corrected chi connectivity index (χ0v) is 101. The quantitative estimate of drug-likeness (QED) is 0.0793. The minimum atomic E-state index is -1.89. The summed E-state index contributed by atoms with van der Waals surface area (Å²) in [5.41, 5.74) is 3.21. The summed E-state index contributed by atoms with van der Waals surface area (Å²) in [6.07, 6.45) is 38.2. The minimum Gasteiger partial charge on any atom is -0.417 e. The van der Waals surface area contributed by atoms with Crippen LogP contribution in [-0.4, -0.2) is 136 Å². The van der Waals surface area contributed by atoms with Gasteiger partial charge in [0.05, 0.1) is 6.10 Å². The summed E-state index contributed by atoms with van der Waals surface area (Å²) in [7, 11) is -11.0. The Morgan fingerprint density at radius 3 is 0.918 bits per heavy atom. The van der Waals surface area contributed by atoms with Crippen molar-refractivity contribution in [1.29, 1.82) is 0 Å². The molecule has 0 spiro atoms. The van der Waals surface area contributed by atoms with Crippen LogP contribution in [0.1, 0.15) is 342 Å². The molecule has 0 aliphatic heterocycles. The average Bonchev–Trinajstić information content (AvgIpc) is 1.52. The molecule has 0 aromatic rings. The molecule has 11 nitrogen and oxygen atoms in total. The Morgan fingerprint density at radius 1 is 0.321 bits per heavy atom. The number of fused-ring (bicyclic) bond motifs is 4. The van der Waals surface area contributed by atoms with Crippen LogP contribution in [0.15, 0.2) is 60.8 Å². The number of rotatable bonds is 24. The van der Waals surface area contributed by atoms with E-state index in [4.69, 9.17) is 26.6 Å². The minimum absolute atomic E-state index is 0.000466. The van der Waals surface area contributed by atoms with E-state index in [0.717, 1.165) is 115 Å². The van der Waals surface area contributed by atoms with Crippen LogP contribution < -0.4 is 0 Å². The Bertz CT molecular complexity index is 3910. The standard InChI is InChI=1S/C33H62O2Si2.C32H62O3Si2.C32H60O3Si2.C20H32O3/c1-24-17-19-33(10,26(21-24)22-34-36(11,12)30(3,4)5)29-18-20-32(9)25(2)15-16-28(32)27(29)23-35-37(13,14)31(6,7)8;2*1-23-16-18-31(8,24(20-23)21-34-36(10,11)29(2,3)4)27-17-19-32(9)26(14-15-28(32)33)25(27)22-35-37(12,13)30(5,6)7;1-13-4-5-17-16(12-22)18(7-9-19(13,17)2)20(3)8-6-15(23)10-14(20)11-21/h15-16,24,26-29H,2,17-23H2,1,3-14H3;23-27H,14-22H2,1-13H3;14-15,23-27H,16-22H2,1-13H3;4-5,14-18,21-23H,1,6-12H2,2-3H3/t24-,26+,27-,28-,29-,32+,33-;2*23-,24+,25-,26-,27-,31-,32-;14-,15+,16+,17+,18+,19-,20+/m0001/s1. The lowest BCUT2D eigenvalue weighted by molar-refractivity contribution is -0.136. The summed E-state index contributed by atoms with van der Waals surface area (Å²) >= 11 is 0. The fraction of sp³-hybridized carbons (Fsp3) is 0.897. The number of hydrogen-bond acceptors (Lipinski definition) is 11. The van der Waals surface area contributed by atoms with Crippen molar-refractivity contribution in [1.82, 2.24) is 0 Å². The highest BCUT2D eigenvalue weighted by Crippen LogP contribution is 2.68. The molecule has 3 N–H and O–H groups in total. The molecule has 12 aliphatic rings. The first-order valence-electron chi connectivity index (χ1n) is 55.1. The highest BCUT2D eigenvalue weighted by Gasteiger charge is 2.64. The lowest BCUT2D eigenvalue weighted by atomic mass is 9.49. The maximum atomic E-state index is 13.2. The van der Waals surface area contributed by atoms with Gasteiger partial charge in [0.25, 0.3) is 0 Å². The van der Waals surface area contributed by atoms with Crippen LogP contribution in [-0.2, 0) is 36.1 Å². The molecular formula is C117H216O11Si6. The first kappa shape index (κ1) is 117. The number of aliphatic hydroxyl groups is 3. The van der Waals surface area contributed by atoms with E-state index in [-0.39, 0.29) is 99.3 Å². The molecule has 0 aromatic carbocycles. The van der Waals surface area contributed by atoms with Crippen molar-refractivity contribution >= 4 is 61.5 Å². The summed E-state index contributed by atoms with van der Waals surface area (Å²) < 4.78 is 41.9. The van der Waals surface area contributed by atoms with Gasteiger partial charge in [-0.3, -0.25) is 9.59 Å². The topological polar surface area (TPSA) is 150 Å². The van der Waals surface area contributed by atoms with Crippen molar-refractivity contribution in [2.75, 3.05) is 52.9 Å². The maximum absolute atomic E-state index is 13.2. The third kappa shape index (κ3) is 23.8. The van der Waals surface area contributed by atoms with Gasteiger partial charge in [0.1, 0.15) is 5.78 Å². The molecule has 12 rings (SSSR count). The van der Waals surface area contributed by atoms with Crippen molar-refractivity contribution < 1.29 is 51.5 Å². The molecular weight excluding hydrogens is 1750 g/mol. The summed E-state index contributed by atoms with van der Waals surface area (Å²) in [6.45, 7) is 112. The molecule has 774 valence electrons. The van der Waals surface area contributed by atoms with Gasteiger partial charge in [0.2, 0.25) is 0 Å². The first-order valence-corrected chi connectivity index (χ1v) is 72.5. The molecule has 0 amide bonds. The van der Waals surface area contributed by atoms with Gasteiger partial charge in [-0.05, 0) is 387 Å². The number of carbonyl (C=O) groups excluding carboxylic acids is 2. The van der Waals surface area contributed by atoms with Gasteiger partial charge in [-0.2, -0.15) is 0 Å². The first-order chi connectivity index (χ1) is 60.8. The lowest BCUT2D eigenvalue weighted by Crippen LogP contribution is -2.54. The van der Waals surface area contributed by atoms with Gasteiger partial charge in [0.15, 0.2) is 55.7 Å². The average molecular weight is 1970 g/mol. The van der Waals surface area contributed by atoms with Crippen LogP contribution in [0.2, 0.25) is 109 Å². The Balaban J connectivity index is 0.000000203. The van der Waals surface area contributed by atoms with Crippen LogP contribution >= 0.6 is 0 Å². The number of aliphatic hydroxyl groups excluding tert-OH is 3. The van der Waals surface area contributed by atoms with E-state index in [2.05, 4.69) is 323 Å². The van der Waals surface area contributed by atoms with Gasteiger partial charge in [-0.1, -0.05) is 264 Å². The van der Waals surface area contributed by atoms with E-state index in [0.29, 0.717) is 106 Å². The third-order valence-electron chi connectivity index (χ3n) is 45.1. The molecule has 134 heavy (non-hydrogen) atoms. The Morgan fingerprint density at radius 2 is 0.590 bits per heavy atom. The van der Waals surface area contributed by atoms with E-state index in [9.17, 15) is 24.9 Å². The number of allylic oxidation sites excluding steroid dienone is 8. The van der Waals surface area contributed by atoms with Crippen molar-refractivity contribution in [3.63, 3.8) is 0 Å². The van der Waals surface area contributed by atoms with Crippen molar-refractivity contribution in [2.45, 2.75) is 457 Å². The van der Waals surface area contributed by atoms with E-state index in [1.165, 1.54) is 88.2 Å². The zero-order chi connectivity index (χ0) is 102. The van der Waals surface area contributed by atoms with E-state index < -0.39 is 49.9 Å². The van der Waals surface area contributed by atoms with Gasteiger partial charge in [-0.25, -0.2) is 0 Å². The maximum Gasteiger partial charge on any atom is 0.191 e. The number of carbonyl (C=O) groups is 2. The van der Waals surface area contributed by atoms with E-state index >= 15 is 0 Å². The molecule has 9 fully saturated rings. The molecule has 9 saturated carbocycles. The Hall–Kier alpha value is -1.02. The van der Waals surface area contributed by atoms with Gasteiger partial charge >= 0.3 is 0 Å². The lowest BCUT2D eigenvalue weighted by Gasteiger charge is -2.57. The van der Waals surface area contributed by atoms with Gasteiger partial charge < -0.3 is 41.9 Å². The Labute approximate surface area is 833 Å². The highest BCUT2D eigenvalue weighted by molar-refractivity contribution is 6.76. The van der Waals surface area contributed by atoms with Crippen molar-refractivity contribution in [2.24, 2.45) is 156 Å². The third-order valence-corrected chi connectivity index (χ3v) is 72.1. The van der Waals surface area contributed by atoms with Gasteiger partial charge in [0, 0.05) is 70.1 Å². The fourth-order valence-corrected chi connectivity index (χ4v) is 34.0. The molecule has 0 bridgehead atoms. The molecule has 12 aliphatic carbocycles. The molecule has 28 atom stereocenters. The predicted molar refractivity (Wildman–Crippen MR) is 585 cm³/mol.